The van der Waals surface area contributed by atoms with Crippen molar-refractivity contribution in [3.05, 3.63) is 0 Å². The van der Waals surface area contributed by atoms with E-state index in [2.05, 4.69) is 27.7 Å². The van der Waals surface area contributed by atoms with E-state index in [0.717, 1.165) is 58.0 Å². The maximum Gasteiger partial charge on any atom is 0.523 e. The third-order valence-corrected chi connectivity index (χ3v) is 13.5. The lowest BCUT2D eigenvalue weighted by Gasteiger charge is -2.61. The molecule has 0 bridgehead atoms. The van der Waals surface area contributed by atoms with Crippen molar-refractivity contribution in [1.29, 1.82) is 0 Å². The lowest BCUT2D eigenvalue weighted by atomic mass is 9.44. The third kappa shape index (κ3) is 3.90. The number of halogens is 3. The molecule has 7 unspecified atom stereocenters. The van der Waals surface area contributed by atoms with Gasteiger partial charge < -0.3 is 9.47 Å². The van der Waals surface area contributed by atoms with Gasteiger partial charge in [-0.15, -0.1) is 0 Å². The van der Waals surface area contributed by atoms with Crippen LogP contribution in [0.25, 0.3) is 0 Å². The van der Waals surface area contributed by atoms with Gasteiger partial charge in [0, 0.05) is 12.3 Å². The van der Waals surface area contributed by atoms with E-state index in [1.54, 1.807) is 0 Å². The number of alkyl halides is 3. The topological polar surface area (TPSA) is 61.8 Å². The Kier molecular flexibility index (Phi) is 6.21. The van der Waals surface area contributed by atoms with Crippen molar-refractivity contribution >= 4 is 10.1 Å². The zero-order chi connectivity index (χ0) is 26.6. The molecule has 4 saturated carbocycles. The minimum atomic E-state index is -5.55. The Hall–Kier alpha value is -0.380. The number of hydrogen-bond acceptors (Lipinski definition) is 5. The van der Waals surface area contributed by atoms with Crippen molar-refractivity contribution in [1.82, 2.24) is 0 Å². The summed E-state index contributed by atoms with van der Waals surface area (Å²) in [5, 5.41) is 0. The average Bonchev–Trinajstić information content (AvgIpc) is 3.25. The molecule has 0 radical (unpaired) electrons. The predicted octanol–water partition coefficient (Wildman–Crippen LogP) is 6.67. The molecule has 37 heavy (non-hydrogen) atoms. The molecule has 0 aromatic carbocycles. The van der Waals surface area contributed by atoms with Crippen LogP contribution in [0.1, 0.15) is 91.9 Å². The van der Waals surface area contributed by atoms with Crippen molar-refractivity contribution in [3.8, 4) is 0 Å². The molecule has 0 N–H and O–H groups in total. The lowest BCUT2D eigenvalue weighted by molar-refractivity contribution is -0.273. The summed E-state index contributed by atoms with van der Waals surface area (Å²) in [5.74, 6) is 3.00. The zero-order valence-corrected chi connectivity index (χ0v) is 23.4. The van der Waals surface area contributed by atoms with E-state index >= 15 is 0 Å². The molecule has 5 nitrogen and oxygen atoms in total. The van der Waals surface area contributed by atoms with Gasteiger partial charge in [-0.3, -0.25) is 4.18 Å². The monoisotopic (exact) mass is 548 g/mol. The number of hydrogen-bond donors (Lipinski definition) is 0. The van der Waals surface area contributed by atoms with Crippen molar-refractivity contribution in [2.24, 2.45) is 52.3 Å². The van der Waals surface area contributed by atoms with Crippen LogP contribution in [0.3, 0.4) is 0 Å². The van der Waals surface area contributed by atoms with E-state index in [1.165, 1.54) is 0 Å². The first-order chi connectivity index (χ1) is 17.2. The Balaban J connectivity index is 1.17. The smallest absolute Gasteiger partial charge is 0.349 e. The molecule has 4 aliphatic carbocycles. The van der Waals surface area contributed by atoms with Gasteiger partial charge in [-0.2, -0.15) is 21.6 Å². The number of rotatable bonds is 2. The molecule has 212 valence electrons. The lowest BCUT2D eigenvalue weighted by Crippen LogP contribution is -2.55. The summed E-state index contributed by atoms with van der Waals surface area (Å²) in [6, 6.07) is 0. The molecule has 2 heterocycles. The fourth-order valence-electron chi connectivity index (χ4n) is 10.6. The summed E-state index contributed by atoms with van der Waals surface area (Å²) in [5.41, 5.74) is -5.11. The first-order valence-corrected chi connectivity index (χ1v) is 15.9. The van der Waals surface area contributed by atoms with Gasteiger partial charge in [0.15, 0.2) is 5.79 Å². The first-order valence-electron chi connectivity index (χ1n) is 14.5. The fraction of sp³-hybridized carbons (Fsp3) is 1.00. The second kappa shape index (κ2) is 8.56. The molecule has 6 fully saturated rings. The summed E-state index contributed by atoms with van der Waals surface area (Å²) < 4.78 is 79.9. The molecule has 12 atom stereocenters. The van der Waals surface area contributed by atoms with E-state index in [0.29, 0.717) is 48.3 Å². The number of fused-ring (bicyclic) bond motifs is 7. The van der Waals surface area contributed by atoms with E-state index in [-0.39, 0.29) is 22.9 Å². The number of ether oxygens (including phenoxy) is 2. The minimum absolute atomic E-state index is 0.0279. The van der Waals surface area contributed by atoms with E-state index in [1.807, 2.05) is 0 Å². The van der Waals surface area contributed by atoms with Crippen LogP contribution in [0.4, 0.5) is 13.2 Å². The zero-order valence-electron chi connectivity index (χ0n) is 22.6. The summed E-state index contributed by atoms with van der Waals surface area (Å²) >= 11 is 0. The van der Waals surface area contributed by atoms with Gasteiger partial charge in [-0.05, 0) is 104 Å². The molecule has 0 aromatic rings. The second-order valence-corrected chi connectivity index (χ2v) is 15.6. The first kappa shape index (κ1) is 26.8. The highest BCUT2D eigenvalue weighted by Gasteiger charge is 2.69. The van der Waals surface area contributed by atoms with Crippen LogP contribution in [0, 0.1) is 52.3 Å². The Labute approximate surface area is 219 Å². The summed E-state index contributed by atoms with van der Waals surface area (Å²) in [4.78, 5) is 0. The van der Waals surface area contributed by atoms with Gasteiger partial charge in [-0.1, -0.05) is 27.7 Å². The summed E-state index contributed by atoms with van der Waals surface area (Å²) in [6.07, 6.45) is 8.42. The molecule has 2 aliphatic heterocycles. The van der Waals surface area contributed by atoms with Crippen LogP contribution in [-0.4, -0.2) is 38.5 Å². The summed E-state index contributed by atoms with van der Waals surface area (Å²) in [6.45, 7) is 10.2. The Morgan fingerprint density at radius 2 is 1.62 bits per heavy atom. The van der Waals surface area contributed by atoms with Crippen LogP contribution < -0.4 is 0 Å². The van der Waals surface area contributed by atoms with Crippen molar-refractivity contribution in [2.75, 3.05) is 6.61 Å². The van der Waals surface area contributed by atoms with Crippen molar-refractivity contribution in [3.63, 3.8) is 0 Å². The molecule has 9 heteroatoms. The highest BCUT2D eigenvalue weighted by Crippen LogP contribution is 2.71. The van der Waals surface area contributed by atoms with Gasteiger partial charge in [0.05, 0.1) is 18.8 Å². The van der Waals surface area contributed by atoms with Gasteiger partial charge >= 0.3 is 15.6 Å². The Bertz CT molecular complexity index is 1010. The molecule has 6 rings (SSSR count). The van der Waals surface area contributed by atoms with Gasteiger partial charge in [0.2, 0.25) is 0 Å². The summed E-state index contributed by atoms with van der Waals surface area (Å²) in [7, 11) is -5.55. The SMILES string of the molecule is C[C@H]1CCC2(OC1)OC1CC3C4CCC5C[C@@H](OS(=O)(=O)C(F)(F)F)CC[C@]5(C)C4CC[C@]3(C)C1[C@@H]2C. The molecular weight excluding hydrogens is 505 g/mol. The molecule has 0 aromatic heterocycles. The maximum atomic E-state index is 12.9. The van der Waals surface area contributed by atoms with Crippen molar-refractivity contribution in [2.45, 2.75) is 115 Å². The van der Waals surface area contributed by atoms with E-state index in [4.69, 9.17) is 13.7 Å². The second-order valence-electron chi connectivity index (χ2n) is 14.1. The largest absolute Gasteiger partial charge is 0.523 e. The van der Waals surface area contributed by atoms with Crippen LogP contribution in [0.5, 0.6) is 0 Å². The van der Waals surface area contributed by atoms with Crippen molar-refractivity contribution < 1.29 is 35.2 Å². The molecular formula is C28H43F3O5S. The Morgan fingerprint density at radius 3 is 2.30 bits per heavy atom. The quantitative estimate of drug-likeness (QED) is 0.285. The molecule has 2 saturated heterocycles. The molecule has 6 aliphatic rings. The molecule has 0 amide bonds. The third-order valence-electron chi connectivity index (χ3n) is 12.4. The van der Waals surface area contributed by atoms with Crippen LogP contribution in [0.15, 0.2) is 0 Å². The van der Waals surface area contributed by atoms with E-state index in [9.17, 15) is 21.6 Å². The van der Waals surface area contributed by atoms with Gasteiger partial charge in [-0.25, -0.2) is 0 Å². The minimum Gasteiger partial charge on any atom is -0.349 e. The molecule has 1 spiro atoms. The van der Waals surface area contributed by atoms with Gasteiger partial charge in [0.1, 0.15) is 0 Å². The predicted molar refractivity (Wildman–Crippen MR) is 132 cm³/mol. The Morgan fingerprint density at radius 1 is 0.892 bits per heavy atom. The highest BCUT2D eigenvalue weighted by atomic mass is 32.2. The average molecular weight is 549 g/mol. The van der Waals surface area contributed by atoms with Gasteiger partial charge in [0.25, 0.3) is 0 Å². The standard InChI is InChI=1S/C28H43F3O5S/c1-16-7-12-27(34-15-16)17(2)24-23(35-27)14-22-20-6-5-18-13-19(36-37(32,33)28(29,30)31)8-10-25(18,3)21(20)9-11-26(22,24)4/h16-24H,5-15H2,1-4H3/t16-,17-,18?,19-,20?,21?,22?,23?,24?,25-,26-,27?/m0/s1. The fourth-order valence-corrected chi connectivity index (χ4v) is 11.2. The maximum absolute atomic E-state index is 12.9. The van der Waals surface area contributed by atoms with E-state index < -0.39 is 27.5 Å². The highest BCUT2D eigenvalue weighted by molar-refractivity contribution is 7.87. The van der Waals surface area contributed by atoms with Crippen LogP contribution in [0.2, 0.25) is 0 Å². The normalized spacial score (nSPS) is 53.9. The van der Waals surface area contributed by atoms with Crippen LogP contribution >= 0.6 is 0 Å². The van der Waals surface area contributed by atoms with Crippen LogP contribution in [-0.2, 0) is 23.8 Å².